The van der Waals surface area contributed by atoms with Crippen molar-refractivity contribution in [1.82, 2.24) is 10.6 Å². The second kappa shape index (κ2) is 6.38. The predicted octanol–water partition coefficient (Wildman–Crippen LogP) is 2.80. The average molecular weight is 241 g/mol. The number of carbonyl (C=O) groups is 1. The van der Waals surface area contributed by atoms with Gasteiger partial charge in [-0.2, -0.15) is 0 Å². The molecular formula is C12H17ClN2O. The van der Waals surface area contributed by atoms with E-state index in [9.17, 15) is 4.79 Å². The Morgan fingerprint density at radius 1 is 1.31 bits per heavy atom. The van der Waals surface area contributed by atoms with Crippen LogP contribution >= 0.6 is 11.6 Å². The summed E-state index contributed by atoms with van der Waals surface area (Å²) in [5.74, 6) is 0.450. The fraction of sp³-hybridized carbons (Fsp3) is 0.417. The third kappa shape index (κ3) is 4.53. The zero-order chi connectivity index (χ0) is 12.0. The Balaban J connectivity index is 2.35. The van der Waals surface area contributed by atoms with E-state index < -0.39 is 0 Å². The van der Waals surface area contributed by atoms with E-state index in [2.05, 4.69) is 10.6 Å². The summed E-state index contributed by atoms with van der Waals surface area (Å²) in [6, 6.07) is 7.31. The lowest BCUT2D eigenvalue weighted by molar-refractivity contribution is 0.239. The Morgan fingerprint density at radius 2 is 2.00 bits per heavy atom. The molecule has 0 aliphatic rings. The number of amides is 2. The first kappa shape index (κ1) is 12.8. The van der Waals surface area contributed by atoms with E-state index in [4.69, 9.17) is 11.6 Å². The molecule has 1 rings (SSSR count). The van der Waals surface area contributed by atoms with Crippen molar-refractivity contribution in [2.45, 2.75) is 20.4 Å². The molecule has 0 atom stereocenters. The van der Waals surface area contributed by atoms with Crippen LogP contribution in [-0.2, 0) is 6.54 Å². The van der Waals surface area contributed by atoms with Gasteiger partial charge in [0.15, 0.2) is 0 Å². The van der Waals surface area contributed by atoms with Crippen molar-refractivity contribution in [3.63, 3.8) is 0 Å². The summed E-state index contributed by atoms with van der Waals surface area (Å²) in [7, 11) is 0. The van der Waals surface area contributed by atoms with E-state index in [-0.39, 0.29) is 6.03 Å². The van der Waals surface area contributed by atoms with Crippen molar-refractivity contribution in [2.75, 3.05) is 6.54 Å². The SMILES string of the molecule is CC(C)CNC(=O)NCc1ccccc1Cl. The Hall–Kier alpha value is -1.22. The topological polar surface area (TPSA) is 41.1 Å². The fourth-order valence-electron chi connectivity index (χ4n) is 1.18. The van der Waals surface area contributed by atoms with Gasteiger partial charge in [0.2, 0.25) is 0 Å². The largest absolute Gasteiger partial charge is 0.338 e. The second-order valence-corrected chi connectivity index (χ2v) is 4.46. The van der Waals surface area contributed by atoms with Crippen LogP contribution in [-0.4, -0.2) is 12.6 Å². The Bertz CT molecular complexity index is 353. The molecule has 4 heteroatoms. The zero-order valence-corrected chi connectivity index (χ0v) is 10.3. The van der Waals surface area contributed by atoms with Gasteiger partial charge in [-0.25, -0.2) is 4.79 Å². The van der Waals surface area contributed by atoms with Crippen LogP contribution in [0.5, 0.6) is 0 Å². The van der Waals surface area contributed by atoms with Gasteiger partial charge in [-0.1, -0.05) is 43.6 Å². The highest BCUT2D eigenvalue weighted by molar-refractivity contribution is 6.31. The van der Waals surface area contributed by atoms with Crippen molar-refractivity contribution in [3.8, 4) is 0 Å². The number of halogens is 1. The molecule has 0 aliphatic heterocycles. The van der Waals surface area contributed by atoms with Gasteiger partial charge in [0.1, 0.15) is 0 Å². The highest BCUT2D eigenvalue weighted by Crippen LogP contribution is 2.13. The molecule has 0 bridgehead atoms. The van der Waals surface area contributed by atoms with Crippen molar-refractivity contribution in [1.29, 1.82) is 0 Å². The molecule has 0 aliphatic carbocycles. The molecule has 0 saturated heterocycles. The van der Waals surface area contributed by atoms with Crippen LogP contribution in [0.15, 0.2) is 24.3 Å². The smallest absolute Gasteiger partial charge is 0.315 e. The van der Waals surface area contributed by atoms with E-state index in [1.54, 1.807) is 0 Å². The summed E-state index contributed by atoms with van der Waals surface area (Å²) in [4.78, 5) is 11.4. The maximum atomic E-state index is 11.4. The molecule has 2 N–H and O–H groups in total. The lowest BCUT2D eigenvalue weighted by Crippen LogP contribution is -2.37. The van der Waals surface area contributed by atoms with E-state index in [0.717, 1.165) is 5.56 Å². The van der Waals surface area contributed by atoms with Crippen molar-refractivity contribution < 1.29 is 4.79 Å². The Labute approximate surface area is 101 Å². The summed E-state index contributed by atoms with van der Waals surface area (Å²) in [5.41, 5.74) is 0.920. The molecule has 2 amide bonds. The van der Waals surface area contributed by atoms with E-state index in [1.165, 1.54) is 0 Å². The van der Waals surface area contributed by atoms with E-state index >= 15 is 0 Å². The van der Waals surface area contributed by atoms with Gasteiger partial charge in [-0.15, -0.1) is 0 Å². The van der Waals surface area contributed by atoms with Gasteiger partial charge in [-0.3, -0.25) is 0 Å². The minimum atomic E-state index is -0.159. The summed E-state index contributed by atoms with van der Waals surface area (Å²) in [6.07, 6.45) is 0. The number of carbonyl (C=O) groups excluding carboxylic acids is 1. The van der Waals surface area contributed by atoms with Crippen LogP contribution in [0.1, 0.15) is 19.4 Å². The Morgan fingerprint density at radius 3 is 2.62 bits per heavy atom. The van der Waals surface area contributed by atoms with E-state index in [1.807, 2.05) is 38.1 Å². The molecule has 0 heterocycles. The second-order valence-electron chi connectivity index (χ2n) is 4.05. The first-order chi connectivity index (χ1) is 7.59. The minimum absolute atomic E-state index is 0.159. The summed E-state index contributed by atoms with van der Waals surface area (Å²) in [5, 5.41) is 6.21. The highest BCUT2D eigenvalue weighted by atomic mass is 35.5. The monoisotopic (exact) mass is 240 g/mol. The molecule has 0 radical (unpaired) electrons. The molecule has 3 nitrogen and oxygen atoms in total. The molecule has 1 aromatic carbocycles. The van der Waals surface area contributed by atoms with Gasteiger partial charge in [-0.05, 0) is 17.5 Å². The Kier molecular flexibility index (Phi) is 5.12. The first-order valence-corrected chi connectivity index (χ1v) is 5.72. The third-order valence-corrected chi connectivity index (χ3v) is 2.44. The van der Waals surface area contributed by atoms with Crippen LogP contribution in [0.3, 0.4) is 0 Å². The van der Waals surface area contributed by atoms with Crippen LogP contribution < -0.4 is 10.6 Å². The van der Waals surface area contributed by atoms with E-state index in [0.29, 0.717) is 24.0 Å². The van der Waals surface area contributed by atoms with Crippen molar-refractivity contribution in [3.05, 3.63) is 34.9 Å². The molecular weight excluding hydrogens is 224 g/mol. The van der Waals surface area contributed by atoms with Crippen LogP contribution in [0.2, 0.25) is 5.02 Å². The van der Waals surface area contributed by atoms with Crippen molar-refractivity contribution in [2.24, 2.45) is 5.92 Å². The standard InChI is InChI=1S/C12H17ClN2O/c1-9(2)7-14-12(16)15-8-10-5-3-4-6-11(10)13/h3-6,9H,7-8H2,1-2H3,(H2,14,15,16). The number of nitrogens with one attached hydrogen (secondary N) is 2. The summed E-state index contributed by atoms with van der Waals surface area (Å²) in [6.45, 7) is 5.22. The lowest BCUT2D eigenvalue weighted by atomic mass is 10.2. The predicted molar refractivity (Wildman–Crippen MR) is 66.5 cm³/mol. The van der Waals surface area contributed by atoms with Gasteiger partial charge >= 0.3 is 6.03 Å². The van der Waals surface area contributed by atoms with Gasteiger partial charge in [0, 0.05) is 18.1 Å². The minimum Gasteiger partial charge on any atom is -0.338 e. The molecule has 0 aromatic heterocycles. The number of urea groups is 1. The van der Waals surface area contributed by atoms with Crippen LogP contribution in [0.25, 0.3) is 0 Å². The molecule has 1 aromatic rings. The zero-order valence-electron chi connectivity index (χ0n) is 9.59. The maximum absolute atomic E-state index is 11.4. The molecule has 0 fully saturated rings. The molecule has 88 valence electrons. The van der Waals surface area contributed by atoms with Crippen LogP contribution in [0, 0.1) is 5.92 Å². The lowest BCUT2D eigenvalue weighted by Gasteiger charge is -2.10. The van der Waals surface area contributed by atoms with Gasteiger partial charge < -0.3 is 10.6 Å². The molecule has 0 unspecified atom stereocenters. The van der Waals surface area contributed by atoms with Crippen molar-refractivity contribution >= 4 is 17.6 Å². The number of rotatable bonds is 4. The van der Waals surface area contributed by atoms with Gasteiger partial charge in [0.25, 0.3) is 0 Å². The molecule has 0 spiro atoms. The highest BCUT2D eigenvalue weighted by Gasteiger charge is 2.03. The van der Waals surface area contributed by atoms with Gasteiger partial charge in [0.05, 0.1) is 0 Å². The summed E-state index contributed by atoms with van der Waals surface area (Å²) < 4.78 is 0. The number of hydrogen-bond acceptors (Lipinski definition) is 1. The summed E-state index contributed by atoms with van der Waals surface area (Å²) >= 11 is 5.96. The fourth-order valence-corrected chi connectivity index (χ4v) is 1.38. The average Bonchev–Trinajstić information content (AvgIpc) is 2.25. The normalized spacial score (nSPS) is 10.2. The molecule has 0 saturated carbocycles. The quantitative estimate of drug-likeness (QED) is 0.835. The third-order valence-electron chi connectivity index (χ3n) is 2.07. The number of benzene rings is 1. The maximum Gasteiger partial charge on any atom is 0.315 e. The van der Waals surface area contributed by atoms with Crippen LogP contribution in [0.4, 0.5) is 4.79 Å². The molecule has 16 heavy (non-hydrogen) atoms. The number of hydrogen-bond donors (Lipinski definition) is 2. The first-order valence-electron chi connectivity index (χ1n) is 5.34.